The van der Waals surface area contributed by atoms with Gasteiger partial charge in [0.05, 0.1) is 19.8 Å². The highest BCUT2D eigenvalue weighted by atomic mass is 16.6. The number of benzene rings is 1. The zero-order chi connectivity index (χ0) is 16.3. The lowest BCUT2D eigenvalue weighted by molar-refractivity contribution is 0.0718. The Morgan fingerprint density at radius 3 is 2.61 bits per heavy atom. The summed E-state index contributed by atoms with van der Waals surface area (Å²) in [6.07, 6.45) is 4.57. The minimum Gasteiger partial charge on any atom is -0.493 e. The number of ether oxygens (including phenoxy) is 3. The number of rotatable bonds is 6. The van der Waals surface area contributed by atoms with E-state index in [1.165, 1.54) is 25.7 Å². The van der Waals surface area contributed by atoms with Gasteiger partial charge in [0, 0.05) is 18.2 Å². The van der Waals surface area contributed by atoms with E-state index >= 15 is 0 Å². The first-order valence-corrected chi connectivity index (χ1v) is 8.30. The maximum atomic E-state index is 11.9. The van der Waals surface area contributed by atoms with Gasteiger partial charge in [-0.25, -0.2) is 4.79 Å². The van der Waals surface area contributed by atoms with Crippen LogP contribution in [0.3, 0.4) is 0 Å². The lowest BCUT2D eigenvalue weighted by atomic mass is 9.90. The topological polar surface area (TPSA) is 48.0 Å². The third kappa shape index (κ3) is 3.78. The van der Waals surface area contributed by atoms with Gasteiger partial charge in [-0.3, -0.25) is 4.90 Å². The molecular weight excluding hydrogens is 294 g/mol. The second-order valence-electron chi connectivity index (χ2n) is 6.87. The molecule has 2 fully saturated rings. The largest absolute Gasteiger partial charge is 0.493 e. The van der Waals surface area contributed by atoms with E-state index in [9.17, 15) is 4.79 Å². The van der Waals surface area contributed by atoms with Crippen molar-refractivity contribution in [2.45, 2.75) is 38.7 Å². The number of methoxy groups -OCH3 is 1. The SMILES string of the molecule is COCC1CN(c2ccc(OCC3(C)CCCC3)cc2)C(=O)O1. The van der Waals surface area contributed by atoms with Gasteiger partial charge in [0.1, 0.15) is 11.9 Å². The van der Waals surface area contributed by atoms with Crippen LogP contribution in [0.5, 0.6) is 5.75 Å². The van der Waals surface area contributed by atoms with Crippen LogP contribution in [0.25, 0.3) is 0 Å². The molecule has 1 saturated carbocycles. The molecule has 23 heavy (non-hydrogen) atoms. The van der Waals surface area contributed by atoms with Crippen LogP contribution >= 0.6 is 0 Å². The standard InChI is InChI=1S/C18H25NO4/c1-18(9-3-4-10-18)13-22-15-7-5-14(6-8-15)19-11-16(12-21-2)23-17(19)20/h5-8,16H,3-4,9-13H2,1-2H3. The monoisotopic (exact) mass is 319 g/mol. The van der Waals surface area contributed by atoms with Crippen molar-refractivity contribution < 1.29 is 19.0 Å². The molecule has 1 aromatic carbocycles. The van der Waals surface area contributed by atoms with E-state index in [4.69, 9.17) is 14.2 Å². The Hall–Kier alpha value is -1.75. The Kier molecular flexibility index (Phi) is 4.76. The summed E-state index contributed by atoms with van der Waals surface area (Å²) in [7, 11) is 1.60. The molecule has 1 aliphatic carbocycles. The molecule has 0 spiro atoms. The van der Waals surface area contributed by atoms with Crippen LogP contribution in [-0.2, 0) is 9.47 Å². The van der Waals surface area contributed by atoms with Gasteiger partial charge in [-0.2, -0.15) is 0 Å². The number of anilines is 1. The number of hydrogen-bond donors (Lipinski definition) is 0. The molecule has 0 bridgehead atoms. The van der Waals surface area contributed by atoms with E-state index in [1.807, 2.05) is 24.3 Å². The van der Waals surface area contributed by atoms with Crippen LogP contribution in [0, 0.1) is 5.41 Å². The normalized spacial score (nSPS) is 23.1. The Morgan fingerprint density at radius 1 is 1.26 bits per heavy atom. The maximum Gasteiger partial charge on any atom is 0.414 e. The molecule has 1 amide bonds. The lowest BCUT2D eigenvalue weighted by Crippen LogP contribution is -2.25. The fraction of sp³-hybridized carbons (Fsp3) is 0.611. The number of cyclic esters (lactones) is 1. The quantitative estimate of drug-likeness (QED) is 0.803. The smallest absolute Gasteiger partial charge is 0.414 e. The van der Waals surface area contributed by atoms with Gasteiger partial charge in [0.25, 0.3) is 0 Å². The van der Waals surface area contributed by atoms with E-state index in [2.05, 4.69) is 6.92 Å². The van der Waals surface area contributed by atoms with Crippen molar-refractivity contribution in [2.24, 2.45) is 5.41 Å². The number of hydrogen-bond acceptors (Lipinski definition) is 4. The summed E-state index contributed by atoms with van der Waals surface area (Å²) in [6.45, 7) is 3.99. The first-order valence-electron chi connectivity index (χ1n) is 8.30. The molecule has 126 valence electrons. The molecule has 1 saturated heterocycles. The molecule has 0 aromatic heterocycles. The Balaban J connectivity index is 1.58. The molecule has 5 nitrogen and oxygen atoms in total. The third-order valence-electron chi connectivity index (χ3n) is 4.77. The van der Waals surface area contributed by atoms with Gasteiger partial charge in [0.2, 0.25) is 0 Å². The summed E-state index contributed by atoms with van der Waals surface area (Å²) in [4.78, 5) is 13.5. The predicted octanol–water partition coefficient (Wildman–Crippen LogP) is 3.62. The van der Waals surface area contributed by atoms with Gasteiger partial charge in [-0.05, 0) is 37.1 Å². The second-order valence-corrected chi connectivity index (χ2v) is 6.87. The van der Waals surface area contributed by atoms with Crippen LogP contribution in [0.1, 0.15) is 32.6 Å². The third-order valence-corrected chi connectivity index (χ3v) is 4.77. The van der Waals surface area contributed by atoms with Gasteiger partial charge in [-0.15, -0.1) is 0 Å². The highest BCUT2D eigenvalue weighted by molar-refractivity contribution is 5.89. The Morgan fingerprint density at radius 2 is 1.96 bits per heavy atom. The van der Waals surface area contributed by atoms with E-state index in [0.717, 1.165) is 18.0 Å². The first kappa shape index (κ1) is 16.1. The van der Waals surface area contributed by atoms with E-state index in [0.29, 0.717) is 18.6 Å². The van der Waals surface area contributed by atoms with E-state index in [-0.39, 0.29) is 12.2 Å². The molecule has 1 aliphatic heterocycles. The molecule has 1 unspecified atom stereocenters. The van der Waals surface area contributed by atoms with Crippen molar-refractivity contribution in [3.8, 4) is 5.75 Å². The average Bonchev–Trinajstić information content (AvgIpc) is 3.13. The first-order chi connectivity index (χ1) is 11.1. The van der Waals surface area contributed by atoms with Gasteiger partial charge in [0.15, 0.2) is 0 Å². The summed E-state index contributed by atoms with van der Waals surface area (Å²) >= 11 is 0. The van der Waals surface area contributed by atoms with E-state index in [1.54, 1.807) is 12.0 Å². The molecule has 5 heteroatoms. The number of carbonyl (C=O) groups is 1. The zero-order valence-electron chi connectivity index (χ0n) is 13.9. The minimum atomic E-state index is -0.320. The fourth-order valence-corrected chi connectivity index (χ4v) is 3.36. The van der Waals surface area contributed by atoms with Crippen molar-refractivity contribution in [1.29, 1.82) is 0 Å². The summed E-state index contributed by atoms with van der Waals surface area (Å²) in [6, 6.07) is 7.65. The summed E-state index contributed by atoms with van der Waals surface area (Å²) in [5.74, 6) is 0.850. The molecule has 0 radical (unpaired) electrons. The summed E-state index contributed by atoms with van der Waals surface area (Å²) in [5, 5.41) is 0. The number of amides is 1. The van der Waals surface area contributed by atoms with Crippen molar-refractivity contribution >= 4 is 11.8 Å². The van der Waals surface area contributed by atoms with Crippen molar-refractivity contribution in [3.63, 3.8) is 0 Å². The second kappa shape index (κ2) is 6.79. The van der Waals surface area contributed by atoms with Crippen molar-refractivity contribution in [3.05, 3.63) is 24.3 Å². The van der Waals surface area contributed by atoms with Crippen LogP contribution in [0.2, 0.25) is 0 Å². The van der Waals surface area contributed by atoms with Gasteiger partial charge < -0.3 is 14.2 Å². The molecule has 1 heterocycles. The number of nitrogens with zero attached hydrogens (tertiary/aromatic N) is 1. The zero-order valence-corrected chi connectivity index (χ0v) is 13.9. The fourth-order valence-electron chi connectivity index (χ4n) is 3.36. The molecular formula is C18H25NO4. The Labute approximate surface area is 137 Å². The van der Waals surface area contributed by atoms with Gasteiger partial charge >= 0.3 is 6.09 Å². The van der Waals surface area contributed by atoms with Crippen LogP contribution in [0.15, 0.2) is 24.3 Å². The van der Waals surface area contributed by atoms with Crippen LogP contribution < -0.4 is 9.64 Å². The average molecular weight is 319 g/mol. The van der Waals surface area contributed by atoms with Crippen LogP contribution in [0.4, 0.5) is 10.5 Å². The Bertz CT molecular complexity index is 536. The molecule has 0 N–H and O–H groups in total. The predicted molar refractivity (Wildman–Crippen MR) is 88.0 cm³/mol. The van der Waals surface area contributed by atoms with Crippen molar-refractivity contribution in [1.82, 2.24) is 0 Å². The molecule has 2 aliphatic rings. The molecule has 1 aromatic rings. The lowest BCUT2D eigenvalue weighted by Gasteiger charge is -2.23. The van der Waals surface area contributed by atoms with E-state index < -0.39 is 0 Å². The van der Waals surface area contributed by atoms with Gasteiger partial charge in [-0.1, -0.05) is 19.8 Å². The highest BCUT2D eigenvalue weighted by Gasteiger charge is 2.32. The highest BCUT2D eigenvalue weighted by Crippen LogP contribution is 2.38. The maximum absolute atomic E-state index is 11.9. The summed E-state index contributed by atoms with van der Waals surface area (Å²) < 4.78 is 16.2. The molecule has 1 atom stereocenters. The van der Waals surface area contributed by atoms with Crippen LogP contribution in [-0.4, -0.2) is 39.1 Å². The minimum absolute atomic E-state index is 0.203. The number of carbonyl (C=O) groups excluding carboxylic acids is 1. The van der Waals surface area contributed by atoms with Crippen molar-refractivity contribution in [2.75, 3.05) is 31.8 Å². The summed E-state index contributed by atoms with van der Waals surface area (Å²) in [5.41, 5.74) is 1.14. The molecule has 3 rings (SSSR count).